The third-order valence-electron chi connectivity index (χ3n) is 1.70. The van der Waals surface area contributed by atoms with Crippen LogP contribution >= 0.6 is 15.9 Å². The second-order valence-electron chi connectivity index (χ2n) is 2.71. The summed E-state index contributed by atoms with van der Waals surface area (Å²) >= 11 is 3.27. The molecule has 0 saturated heterocycles. The molecule has 1 rings (SSSR count). The lowest BCUT2D eigenvalue weighted by molar-refractivity contribution is -0.134. The third kappa shape index (κ3) is 2.67. The van der Waals surface area contributed by atoms with E-state index in [0.717, 1.165) is 4.47 Å². The monoisotopic (exact) mass is 255 g/mol. The summed E-state index contributed by atoms with van der Waals surface area (Å²) in [5.41, 5.74) is 0.610. The summed E-state index contributed by atoms with van der Waals surface area (Å²) in [6, 6.07) is 7.15. The van der Waals surface area contributed by atoms with E-state index < -0.39 is 11.7 Å². The van der Waals surface area contributed by atoms with Crippen LogP contribution in [0.15, 0.2) is 28.7 Å². The van der Waals surface area contributed by atoms with Gasteiger partial charge in [0.05, 0.1) is 5.69 Å². The molecule has 1 aromatic rings. The number of carbonyl (C=O) groups excluding carboxylic acids is 2. The number of para-hydroxylation sites is 1. The molecule has 4 heteroatoms. The second-order valence-corrected chi connectivity index (χ2v) is 3.57. The van der Waals surface area contributed by atoms with Gasteiger partial charge in [-0.05, 0) is 28.1 Å². The Kier molecular flexibility index (Phi) is 3.83. The molecule has 1 N–H and O–H groups in total. The molecule has 74 valence electrons. The molecule has 0 aromatic heterocycles. The largest absolute Gasteiger partial charge is 0.318 e. The Morgan fingerprint density at radius 1 is 1.36 bits per heavy atom. The Morgan fingerprint density at radius 2 is 2.00 bits per heavy atom. The number of nitrogens with one attached hydrogen (secondary N) is 1. The van der Waals surface area contributed by atoms with E-state index >= 15 is 0 Å². The predicted octanol–water partition coefficient (Wildman–Crippen LogP) is 2.37. The van der Waals surface area contributed by atoms with Gasteiger partial charge >= 0.3 is 0 Å². The van der Waals surface area contributed by atoms with E-state index in [1.165, 1.54) is 0 Å². The highest BCUT2D eigenvalue weighted by molar-refractivity contribution is 9.10. The quantitative estimate of drug-likeness (QED) is 0.844. The van der Waals surface area contributed by atoms with Crippen LogP contribution in [0.4, 0.5) is 5.69 Å². The standard InChI is InChI=1S/C10H10BrNO2/c1-2-9(13)10(14)12-8-6-4-3-5-7(8)11/h3-6H,2H2,1H3,(H,12,14). The zero-order valence-electron chi connectivity index (χ0n) is 7.71. The highest BCUT2D eigenvalue weighted by Gasteiger charge is 2.11. The SMILES string of the molecule is CCC(=O)C(=O)Nc1ccccc1Br. The van der Waals surface area contributed by atoms with Crippen molar-refractivity contribution in [3.63, 3.8) is 0 Å². The van der Waals surface area contributed by atoms with Crippen LogP contribution in [-0.2, 0) is 9.59 Å². The fourth-order valence-corrected chi connectivity index (χ4v) is 1.30. The summed E-state index contributed by atoms with van der Waals surface area (Å²) in [5, 5.41) is 2.53. The maximum Gasteiger partial charge on any atom is 0.291 e. The van der Waals surface area contributed by atoms with E-state index in [2.05, 4.69) is 21.2 Å². The molecule has 1 aromatic carbocycles. The van der Waals surface area contributed by atoms with Gasteiger partial charge in [0.25, 0.3) is 5.91 Å². The lowest BCUT2D eigenvalue weighted by atomic mass is 10.2. The molecule has 0 aliphatic carbocycles. The number of benzene rings is 1. The van der Waals surface area contributed by atoms with E-state index in [1.54, 1.807) is 25.1 Å². The highest BCUT2D eigenvalue weighted by Crippen LogP contribution is 2.20. The van der Waals surface area contributed by atoms with Crippen LogP contribution in [0.3, 0.4) is 0 Å². The van der Waals surface area contributed by atoms with Crippen LogP contribution in [0.2, 0.25) is 0 Å². The van der Waals surface area contributed by atoms with Crippen LogP contribution in [-0.4, -0.2) is 11.7 Å². The fourth-order valence-electron chi connectivity index (χ4n) is 0.915. The molecule has 0 unspecified atom stereocenters. The molecule has 0 saturated carbocycles. The number of halogens is 1. The number of rotatable bonds is 3. The van der Waals surface area contributed by atoms with Crippen LogP contribution in [0, 0.1) is 0 Å². The summed E-state index contributed by atoms with van der Waals surface area (Å²) in [6.45, 7) is 1.65. The van der Waals surface area contributed by atoms with Gasteiger partial charge in [0.15, 0.2) is 0 Å². The minimum absolute atomic E-state index is 0.219. The van der Waals surface area contributed by atoms with Gasteiger partial charge in [-0.2, -0.15) is 0 Å². The van der Waals surface area contributed by atoms with Crippen molar-refractivity contribution in [3.05, 3.63) is 28.7 Å². The molecule has 3 nitrogen and oxygen atoms in total. The molecule has 1 amide bonds. The van der Waals surface area contributed by atoms with Crippen molar-refractivity contribution in [2.75, 3.05) is 5.32 Å². The zero-order valence-corrected chi connectivity index (χ0v) is 9.30. The van der Waals surface area contributed by atoms with Gasteiger partial charge in [-0.3, -0.25) is 9.59 Å². The molecule has 0 aliphatic heterocycles. The number of carbonyl (C=O) groups is 2. The van der Waals surface area contributed by atoms with Crippen molar-refractivity contribution in [1.29, 1.82) is 0 Å². The number of hydrogen-bond acceptors (Lipinski definition) is 2. The maximum atomic E-state index is 11.2. The summed E-state index contributed by atoms with van der Waals surface area (Å²) in [5.74, 6) is -0.986. The van der Waals surface area contributed by atoms with E-state index in [1.807, 2.05) is 6.07 Å². The number of amides is 1. The number of anilines is 1. The first-order chi connectivity index (χ1) is 6.65. The van der Waals surface area contributed by atoms with E-state index in [-0.39, 0.29) is 6.42 Å². The summed E-state index contributed by atoms with van der Waals surface area (Å²) in [4.78, 5) is 22.2. The first-order valence-electron chi connectivity index (χ1n) is 4.24. The van der Waals surface area contributed by atoms with E-state index in [9.17, 15) is 9.59 Å². The van der Waals surface area contributed by atoms with Gasteiger partial charge < -0.3 is 5.32 Å². The lowest BCUT2D eigenvalue weighted by Crippen LogP contribution is -2.21. The van der Waals surface area contributed by atoms with Crippen molar-refractivity contribution in [2.24, 2.45) is 0 Å². The Balaban J connectivity index is 2.75. The van der Waals surface area contributed by atoms with Gasteiger partial charge in [0.2, 0.25) is 5.78 Å². The number of hydrogen-bond donors (Lipinski definition) is 1. The predicted molar refractivity (Wildman–Crippen MR) is 58.1 cm³/mol. The summed E-state index contributed by atoms with van der Waals surface area (Å²) in [6.07, 6.45) is 0.219. The average Bonchev–Trinajstić information content (AvgIpc) is 2.20. The highest BCUT2D eigenvalue weighted by atomic mass is 79.9. The maximum absolute atomic E-state index is 11.2. The molecular formula is C10H10BrNO2. The van der Waals surface area contributed by atoms with E-state index in [0.29, 0.717) is 5.69 Å². The molecule has 0 radical (unpaired) electrons. The molecule has 0 spiro atoms. The average molecular weight is 256 g/mol. The normalized spacial score (nSPS) is 9.57. The Morgan fingerprint density at radius 3 is 2.57 bits per heavy atom. The van der Waals surface area contributed by atoms with Crippen LogP contribution in [0.25, 0.3) is 0 Å². The van der Waals surface area contributed by atoms with Gasteiger partial charge in [-0.1, -0.05) is 19.1 Å². The molecule has 0 aliphatic rings. The van der Waals surface area contributed by atoms with Crippen LogP contribution < -0.4 is 5.32 Å². The van der Waals surface area contributed by atoms with Crippen molar-refractivity contribution in [2.45, 2.75) is 13.3 Å². The first kappa shape index (κ1) is 10.9. The van der Waals surface area contributed by atoms with Crippen LogP contribution in [0.1, 0.15) is 13.3 Å². The molecule has 0 bridgehead atoms. The number of Topliss-reactive ketones (excluding diaryl/α,β-unsaturated/α-hetero) is 1. The minimum atomic E-state index is -0.570. The molecular weight excluding hydrogens is 246 g/mol. The second kappa shape index (κ2) is 4.91. The third-order valence-corrected chi connectivity index (χ3v) is 2.39. The summed E-state index contributed by atoms with van der Waals surface area (Å²) < 4.78 is 0.761. The van der Waals surface area contributed by atoms with Gasteiger partial charge in [-0.15, -0.1) is 0 Å². The Hall–Kier alpha value is -1.16. The van der Waals surface area contributed by atoms with Crippen molar-refractivity contribution in [1.82, 2.24) is 0 Å². The molecule has 14 heavy (non-hydrogen) atoms. The van der Waals surface area contributed by atoms with Gasteiger partial charge in [0.1, 0.15) is 0 Å². The Bertz CT molecular complexity index is 363. The summed E-state index contributed by atoms with van der Waals surface area (Å²) in [7, 11) is 0. The van der Waals surface area contributed by atoms with Crippen LogP contribution in [0.5, 0.6) is 0 Å². The molecule has 0 atom stereocenters. The van der Waals surface area contributed by atoms with E-state index in [4.69, 9.17) is 0 Å². The number of ketones is 1. The lowest BCUT2D eigenvalue weighted by Gasteiger charge is -2.04. The van der Waals surface area contributed by atoms with Crippen molar-refractivity contribution in [3.8, 4) is 0 Å². The minimum Gasteiger partial charge on any atom is -0.318 e. The van der Waals surface area contributed by atoms with Gasteiger partial charge in [0, 0.05) is 10.9 Å². The topological polar surface area (TPSA) is 46.2 Å². The van der Waals surface area contributed by atoms with Crippen molar-refractivity contribution >= 4 is 33.3 Å². The zero-order chi connectivity index (χ0) is 10.6. The first-order valence-corrected chi connectivity index (χ1v) is 5.03. The smallest absolute Gasteiger partial charge is 0.291 e. The molecule has 0 fully saturated rings. The fraction of sp³-hybridized carbons (Fsp3) is 0.200. The van der Waals surface area contributed by atoms with Gasteiger partial charge in [-0.25, -0.2) is 0 Å². The molecule has 0 heterocycles. The van der Waals surface area contributed by atoms with Crippen molar-refractivity contribution < 1.29 is 9.59 Å². The Labute approximate surface area is 90.6 Å².